The molecule has 0 atom stereocenters. The monoisotopic (exact) mass is 446 g/mol. The van der Waals surface area contributed by atoms with Gasteiger partial charge in [0.15, 0.2) is 0 Å². The normalized spacial score (nSPS) is 10.5. The summed E-state index contributed by atoms with van der Waals surface area (Å²) in [6, 6.07) is 12.5. The van der Waals surface area contributed by atoms with E-state index in [0.29, 0.717) is 22.0 Å². The Kier molecular flexibility index (Phi) is 5.62. The molecule has 0 saturated carbocycles. The fourth-order valence-electron chi connectivity index (χ4n) is 2.56. The topological polar surface area (TPSA) is 76.0 Å². The second-order valence-electron chi connectivity index (χ2n) is 5.86. The zero-order valence-corrected chi connectivity index (χ0v) is 16.9. The van der Waals surface area contributed by atoms with E-state index < -0.39 is 0 Å². The van der Waals surface area contributed by atoms with Gasteiger partial charge in [-0.1, -0.05) is 27.5 Å². The van der Waals surface area contributed by atoms with Gasteiger partial charge in [-0.15, -0.1) is 0 Å². The number of halogens is 2. The summed E-state index contributed by atoms with van der Waals surface area (Å²) in [5.74, 6) is -0.510. The van der Waals surface area contributed by atoms with Gasteiger partial charge in [-0.3, -0.25) is 9.59 Å². The average Bonchev–Trinajstić information content (AvgIpc) is 2.99. The van der Waals surface area contributed by atoms with Crippen LogP contribution in [0.4, 0.5) is 11.4 Å². The number of anilines is 2. The fraction of sp³-hybridized carbons (Fsp3) is 0.105. The molecule has 0 fully saturated rings. The van der Waals surface area contributed by atoms with Gasteiger partial charge in [-0.05, 0) is 49.4 Å². The first-order valence-electron chi connectivity index (χ1n) is 8.04. The van der Waals surface area contributed by atoms with Crippen LogP contribution in [0.2, 0.25) is 5.02 Å². The third-order valence-electron chi connectivity index (χ3n) is 3.86. The minimum absolute atomic E-state index is 0.218. The first kappa shape index (κ1) is 19.1. The molecule has 0 aliphatic carbocycles. The van der Waals surface area contributed by atoms with E-state index in [1.54, 1.807) is 22.9 Å². The summed E-state index contributed by atoms with van der Waals surface area (Å²) < 4.78 is 2.67. The predicted molar refractivity (Wildman–Crippen MR) is 110 cm³/mol. The van der Waals surface area contributed by atoms with Crippen LogP contribution < -0.4 is 10.6 Å². The van der Waals surface area contributed by atoms with Gasteiger partial charge in [0, 0.05) is 17.1 Å². The molecule has 27 heavy (non-hydrogen) atoms. The summed E-state index contributed by atoms with van der Waals surface area (Å²) >= 11 is 9.54. The van der Waals surface area contributed by atoms with Crippen molar-refractivity contribution in [3.63, 3.8) is 0 Å². The number of aromatic nitrogens is 2. The summed E-state index contributed by atoms with van der Waals surface area (Å²) in [6.07, 6.45) is 1.53. The van der Waals surface area contributed by atoms with Crippen LogP contribution in [-0.2, 0) is 4.79 Å². The van der Waals surface area contributed by atoms with Gasteiger partial charge in [-0.2, -0.15) is 5.10 Å². The first-order chi connectivity index (χ1) is 12.8. The van der Waals surface area contributed by atoms with E-state index >= 15 is 0 Å². The lowest BCUT2D eigenvalue weighted by Crippen LogP contribution is -2.13. The van der Waals surface area contributed by atoms with Crippen LogP contribution in [0.25, 0.3) is 5.69 Å². The van der Waals surface area contributed by atoms with Crippen LogP contribution in [-0.4, -0.2) is 21.6 Å². The average molecular weight is 448 g/mol. The van der Waals surface area contributed by atoms with E-state index in [2.05, 4.69) is 31.7 Å². The summed E-state index contributed by atoms with van der Waals surface area (Å²) in [5.41, 5.74) is 3.05. The zero-order valence-electron chi connectivity index (χ0n) is 14.6. The van der Waals surface area contributed by atoms with Crippen molar-refractivity contribution in [1.82, 2.24) is 9.78 Å². The number of carbonyl (C=O) groups excluding carboxylic acids is 2. The molecule has 3 aromatic rings. The van der Waals surface area contributed by atoms with Crippen LogP contribution in [0.5, 0.6) is 0 Å². The number of benzene rings is 2. The Balaban J connectivity index is 1.80. The molecule has 0 unspecified atom stereocenters. The van der Waals surface area contributed by atoms with E-state index in [1.807, 2.05) is 31.2 Å². The third-order valence-corrected chi connectivity index (χ3v) is 4.70. The number of rotatable bonds is 4. The van der Waals surface area contributed by atoms with Gasteiger partial charge in [0.1, 0.15) is 0 Å². The molecule has 0 aliphatic heterocycles. The largest absolute Gasteiger partial charge is 0.325 e. The summed E-state index contributed by atoms with van der Waals surface area (Å²) in [4.78, 5) is 23.8. The standard InChI is InChI=1S/C19H16BrClN4O2/c1-11-16(10-22-25(11)15-6-3-13(20)4-7-15)19(27)24-14-5-8-18(17(21)9-14)23-12(2)26/h3-10H,1-2H3,(H,23,26)(H,24,27). The number of amides is 2. The van der Waals surface area contributed by atoms with E-state index in [4.69, 9.17) is 11.6 Å². The van der Waals surface area contributed by atoms with E-state index in [1.165, 1.54) is 13.1 Å². The fourth-order valence-corrected chi connectivity index (χ4v) is 3.05. The molecule has 1 heterocycles. The smallest absolute Gasteiger partial charge is 0.259 e. The number of hydrogen-bond acceptors (Lipinski definition) is 3. The second-order valence-corrected chi connectivity index (χ2v) is 7.18. The highest BCUT2D eigenvalue weighted by Crippen LogP contribution is 2.26. The molecule has 0 spiro atoms. The Morgan fingerprint density at radius 3 is 2.44 bits per heavy atom. The Labute approximate surface area is 169 Å². The highest BCUT2D eigenvalue weighted by Gasteiger charge is 2.16. The maximum Gasteiger partial charge on any atom is 0.259 e. The molecular weight excluding hydrogens is 432 g/mol. The van der Waals surface area contributed by atoms with Crippen LogP contribution in [0.15, 0.2) is 53.1 Å². The third kappa shape index (κ3) is 4.37. The zero-order chi connectivity index (χ0) is 19.6. The quantitative estimate of drug-likeness (QED) is 0.603. The Hall–Kier alpha value is -2.64. The number of carbonyl (C=O) groups is 2. The van der Waals surface area contributed by atoms with Gasteiger partial charge in [0.25, 0.3) is 5.91 Å². The summed E-state index contributed by atoms with van der Waals surface area (Å²) in [6.45, 7) is 3.23. The lowest BCUT2D eigenvalue weighted by Gasteiger charge is -2.09. The molecule has 8 heteroatoms. The van der Waals surface area contributed by atoms with Crippen molar-refractivity contribution in [2.45, 2.75) is 13.8 Å². The molecule has 2 aromatic carbocycles. The molecule has 0 radical (unpaired) electrons. The van der Waals surface area contributed by atoms with Crippen molar-refractivity contribution in [1.29, 1.82) is 0 Å². The second kappa shape index (κ2) is 7.94. The van der Waals surface area contributed by atoms with Gasteiger partial charge in [0.2, 0.25) is 5.91 Å². The van der Waals surface area contributed by atoms with Crippen molar-refractivity contribution in [2.24, 2.45) is 0 Å². The molecule has 0 aliphatic rings. The van der Waals surface area contributed by atoms with Gasteiger partial charge < -0.3 is 10.6 Å². The van der Waals surface area contributed by atoms with Crippen molar-refractivity contribution in [3.05, 3.63) is 69.4 Å². The highest BCUT2D eigenvalue weighted by molar-refractivity contribution is 9.10. The number of hydrogen-bond donors (Lipinski definition) is 2. The number of nitrogens with one attached hydrogen (secondary N) is 2. The van der Waals surface area contributed by atoms with Crippen molar-refractivity contribution in [3.8, 4) is 5.69 Å². The van der Waals surface area contributed by atoms with Crippen molar-refractivity contribution in [2.75, 3.05) is 10.6 Å². The Morgan fingerprint density at radius 2 is 1.81 bits per heavy atom. The Morgan fingerprint density at radius 1 is 1.11 bits per heavy atom. The van der Waals surface area contributed by atoms with Crippen molar-refractivity contribution < 1.29 is 9.59 Å². The summed E-state index contributed by atoms with van der Waals surface area (Å²) in [5, 5.41) is 10.1. The van der Waals surface area contributed by atoms with Gasteiger partial charge >= 0.3 is 0 Å². The minimum Gasteiger partial charge on any atom is -0.325 e. The molecule has 3 rings (SSSR count). The molecule has 2 N–H and O–H groups in total. The lowest BCUT2D eigenvalue weighted by molar-refractivity contribution is -0.114. The van der Waals surface area contributed by atoms with Gasteiger partial charge in [-0.25, -0.2) is 4.68 Å². The highest BCUT2D eigenvalue weighted by atomic mass is 79.9. The van der Waals surface area contributed by atoms with Crippen LogP contribution in [0, 0.1) is 6.92 Å². The van der Waals surface area contributed by atoms with Crippen molar-refractivity contribution >= 4 is 50.7 Å². The van der Waals surface area contributed by atoms with E-state index in [0.717, 1.165) is 15.9 Å². The SMILES string of the molecule is CC(=O)Nc1ccc(NC(=O)c2cnn(-c3ccc(Br)cc3)c2C)cc1Cl. The van der Waals surface area contributed by atoms with Crippen LogP contribution >= 0.6 is 27.5 Å². The maximum atomic E-state index is 12.6. The minimum atomic E-state index is -0.292. The molecular formula is C19H16BrClN4O2. The molecule has 1 aromatic heterocycles. The molecule has 138 valence electrons. The Bertz CT molecular complexity index is 1020. The maximum absolute atomic E-state index is 12.6. The molecule has 0 saturated heterocycles. The van der Waals surface area contributed by atoms with E-state index in [9.17, 15) is 9.59 Å². The van der Waals surface area contributed by atoms with E-state index in [-0.39, 0.29) is 11.8 Å². The molecule has 0 bridgehead atoms. The van der Waals surface area contributed by atoms with Gasteiger partial charge in [0.05, 0.1) is 33.9 Å². The molecule has 2 amide bonds. The van der Waals surface area contributed by atoms with Crippen LogP contribution in [0.1, 0.15) is 23.0 Å². The molecule has 6 nitrogen and oxygen atoms in total. The number of nitrogens with zero attached hydrogens (tertiary/aromatic N) is 2. The summed E-state index contributed by atoms with van der Waals surface area (Å²) in [7, 11) is 0. The van der Waals surface area contributed by atoms with Crippen LogP contribution in [0.3, 0.4) is 0 Å². The predicted octanol–water partition coefficient (Wildman–Crippen LogP) is 4.81. The lowest BCUT2D eigenvalue weighted by atomic mass is 10.2. The first-order valence-corrected chi connectivity index (χ1v) is 9.21.